The Labute approximate surface area is 123 Å². The van der Waals surface area contributed by atoms with Gasteiger partial charge in [-0.05, 0) is 55.3 Å². The summed E-state index contributed by atoms with van der Waals surface area (Å²) >= 11 is 0. The minimum atomic E-state index is 0.480. The van der Waals surface area contributed by atoms with Crippen LogP contribution in [-0.2, 0) is 6.42 Å². The zero-order valence-corrected chi connectivity index (χ0v) is 13.2. The van der Waals surface area contributed by atoms with E-state index in [4.69, 9.17) is 0 Å². The molecule has 1 saturated heterocycles. The summed E-state index contributed by atoms with van der Waals surface area (Å²) < 4.78 is 0. The summed E-state index contributed by atoms with van der Waals surface area (Å²) in [5, 5.41) is 3.68. The van der Waals surface area contributed by atoms with Crippen molar-refractivity contribution in [2.45, 2.75) is 46.1 Å². The van der Waals surface area contributed by atoms with E-state index in [0.29, 0.717) is 11.5 Å². The number of rotatable bonds is 2. The van der Waals surface area contributed by atoms with E-state index in [9.17, 15) is 0 Å². The minimum Gasteiger partial charge on any atom is -0.380 e. The Balaban J connectivity index is 1.50. The van der Waals surface area contributed by atoms with Gasteiger partial charge in [0.05, 0.1) is 0 Å². The molecule has 2 heteroatoms. The highest BCUT2D eigenvalue weighted by Gasteiger charge is 2.30. The molecule has 2 heterocycles. The third-order valence-electron chi connectivity index (χ3n) is 5.13. The van der Waals surface area contributed by atoms with Crippen LogP contribution in [0.3, 0.4) is 0 Å². The van der Waals surface area contributed by atoms with Crippen molar-refractivity contribution >= 4 is 5.69 Å². The van der Waals surface area contributed by atoms with Gasteiger partial charge in [0.25, 0.3) is 0 Å². The Bertz CT molecular complexity index is 428. The molecule has 2 aliphatic rings. The molecular formula is C18H28N2. The Morgan fingerprint density at radius 3 is 2.50 bits per heavy atom. The van der Waals surface area contributed by atoms with E-state index < -0.39 is 0 Å². The van der Waals surface area contributed by atoms with E-state index in [1.807, 2.05) is 0 Å². The number of nitrogens with zero attached hydrogens (tertiary/aromatic N) is 1. The van der Waals surface area contributed by atoms with Crippen molar-refractivity contribution in [2.24, 2.45) is 11.3 Å². The lowest BCUT2D eigenvalue weighted by molar-refractivity contribution is 0.110. The predicted octanol–water partition coefficient (Wildman–Crippen LogP) is 3.78. The van der Waals surface area contributed by atoms with Crippen LogP contribution < -0.4 is 5.32 Å². The second-order valence-electron chi connectivity index (χ2n) is 7.64. The lowest BCUT2D eigenvalue weighted by Crippen LogP contribution is -2.42. The van der Waals surface area contributed by atoms with Crippen molar-refractivity contribution in [3.63, 3.8) is 0 Å². The van der Waals surface area contributed by atoms with Crippen molar-refractivity contribution in [2.75, 3.05) is 25.0 Å². The second-order valence-corrected chi connectivity index (χ2v) is 7.64. The Morgan fingerprint density at radius 2 is 1.85 bits per heavy atom. The standard InChI is InChI=1S/C18H28N2/c1-18(2,3)15-8-10-20(11-9-15)13-16-12-14-6-4-5-7-17(14)19-16/h4-7,15-16,19H,8-13H2,1-3H3. The lowest BCUT2D eigenvalue weighted by atomic mass is 9.75. The van der Waals surface area contributed by atoms with Gasteiger partial charge in [0.2, 0.25) is 0 Å². The average Bonchev–Trinajstić information content (AvgIpc) is 2.80. The molecule has 1 N–H and O–H groups in total. The summed E-state index contributed by atoms with van der Waals surface area (Å²) in [5.41, 5.74) is 3.32. The third kappa shape index (κ3) is 3.01. The maximum absolute atomic E-state index is 3.68. The van der Waals surface area contributed by atoms with Crippen LogP contribution in [0.15, 0.2) is 24.3 Å². The first-order valence-corrected chi connectivity index (χ1v) is 8.09. The molecule has 0 saturated carbocycles. The fourth-order valence-electron chi connectivity index (χ4n) is 3.78. The Kier molecular flexibility index (Phi) is 3.76. The predicted molar refractivity (Wildman–Crippen MR) is 86.2 cm³/mol. The number of hydrogen-bond acceptors (Lipinski definition) is 2. The van der Waals surface area contributed by atoms with Gasteiger partial charge >= 0.3 is 0 Å². The molecule has 110 valence electrons. The number of hydrogen-bond donors (Lipinski definition) is 1. The molecule has 0 aromatic heterocycles. The van der Waals surface area contributed by atoms with Crippen molar-refractivity contribution in [3.8, 4) is 0 Å². The fraction of sp³-hybridized carbons (Fsp3) is 0.667. The van der Waals surface area contributed by atoms with Gasteiger partial charge < -0.3 is 10.2 Å². The maximum atomic E-state index is 3.68. The highest BCUT2D eigenvalue weighted by atomic mass is 15.2. The first-order valence-electron chi connectivity index (χ1n) is 8.09. The topological polar surface area (TPSA) is 15.3 Å². The van der Waals surface area contributed by atoms with E-state index in [1.54, 1.807) is 0 Å². The number of likely N-dealkylation sites (tertiary alicyclic amines) is 1. The van der Waals surface area contributed by atoms with Gasteiger partial charge in [-0.25, -0.2) is 0 Å². The van der Waals surface area contributed by atoms with Crippen LogP contribution in [0.2, 0.25) is 0 Å². The van der Waals surface area contributed by atoms with Crippen LogP contribution in [0.25, 0.3) is 0 Å². The molecule has 1 fully saturated rings. The molecule has 3 rings (SSSR count). The third-order valence-corrected chi connectivity index (χ3v) is 5.13. The van der Waals surface area contributed by atoms with E-state index in [2.05, 4.69) is 55.3 Å². The zero-order valence-electron chi connectivity index (χ0n) is 13.2. The summed E-state index contributed by atoms with van der Waals surface area (Å²) in [6, 6.07) is 9.36. The first-order chi connectivity index (χ1) is 9.52. The van der Waals surface area contributed by atoms with Crippen molar-refractivity contribution < 1.29 is 0 Å². The Hall–Kier alpha value is -1.02. The van der Waals surface area contributed by atoms with Crippen LogP contribution in [0.1, 0.15) is 39.2 Å². The summed E-state index contributed by atoms with van der Waals surface area (Å²) in [6.45, 7) is 10.9. The van der Waals surface area contributed by atoms with Crippen LogP contribution >= 0.6 is 0 Å². The van der Waals surface area contributed by atoms with Gasteiger partial charge in [-0.2, -0.15) is 0 Å². The molecule has 1 aromatic carbocycles. The average molecular weight is 272 g/mol. The van der Waals surface area contributed by atoms with Crippen molar-refractivity contribution in [3.05, 3.63) is 29.8 Å². The van der Waals surface area contributed by atoms with Crippen molar-refractivity contribution in [1.82, 2.24) is 4.90 Å². The van der Waals surface area contributed by atoms with Crippen LogP contribution in [-0.4, -0.2) is 30.6 Å². The number of fused-ring (bicyclic) bond motifs is 1. The van der Waals surface area contributed by atoms with Crippen LogP contribution in [0, 0.1) is 11.3 Å². The second kappa shape index (κ2) is 5.40. The van der Waals surface area contributed by atoms with Crippen molar-refractivity contribution in [1.29, 1.82) is 0 Å². The summed E-state index contributed by atoms with van der Waals surface area (Å²) in [7, 11) is 0. The zero-order chi connectivity index (χ0) is 14.2. The Morgan fingerprint density at radius 1 is 1.15 bits per heavy atom. The fourth-order valence-corrected chi connectivity index (χ4v) is 3.78. The smallest absolute Gasteiger partial charge is 0.0429 e. The molecule has 2 aliphatic heterocycles. The van der Waals surface area contributed by atoms with Gasteiger partial charge in [-0.1, -0.05) is 39.0 Å². The normalized spacial score (nSPS) is 24.4. The number of para-hydroxylation sites is 1. The number of benzene rings is 1. The van der Waals surface area contributed by atoms with E-state index >= 15 is 0 Å². The monoisotopic (exact) mass is 272 g/mol. The molecule has 0 bridgehead atoms. The molecule has 1 unspecified atom stereocenters. The van der Waals surface area contributed by atoms with Crippen LogP contribution in [0.5, 0.6) is 0 Å². The van der Waals surface area contributed by atoms with E-state index in [0.717, 1.165) is 5.92 Å². The van der Waals surface area contributed by atoms with Gasteiger partial charge in [0.15, 0.2) is 0 Å². The maximum Gasteiger partial charge on any atom is 0.0429 e. The minimum absolute atomic E-state index is 0.480. The lowest BCUT2D eigenvalue weighted by Gasteiger charge is -2.39. The molecule has 0 aliphatic carbocycles. The molecule has 0 radical (unpaired) electrons. The highest BCUT2D eigenvalue weighted by Crippen LogP contribution is 2.34. The number of nitrogens with one attached hydrogen (secondary N) is 1. The molecule has 1 aromatic rings. The quantitative estimate of drug-likeness (QED) is 0.881. The number of piperidine rings is 1. The molecule has 0 spiro atoms. The van der Waals surface area contributed by atoms with Gasteiger partial charge in [0, 0.05) is 18.3 Å². The van der Waals surface area contributed by atoms with Gasteiger partial charge in [-0.3, -0.25) is 0 Å². The molecule has 1 atom stereocenters. The SMILES string of the molecule is CC(C)(C)C1CCN(CC2Cc3ccccc3N2)CC1. The van der Waals surface area contributed by atoms with Crippen LogP contribution in [0.4, 0.5) is 5.69 Å². The summed E-state index contributed by atoms with van der Waals surface area (Å²) in [5.74, 6) is 0.896. The number of anilines is 1. The summed E-state index contributed by atoms with van der Waals surface area (Å²) in [6.07, 6.45) is 3.92. The van der Waals surface area contributed by atoms with Gasteiger partial charge in [0.1, 0.15) is 0 Å². The molecule has 2 nitrogen and oxygen atoms in total. The highest BCUT2D eigenvalue weighted by molar-refractivity contribution is 5.56. The first kappa shape index (κ1) is 13.9. The van der Waals surface area contributed by atoms with Gasteiger partial charge in [-0.15, -0.1) is 0 Å². The largest absolute Gasteiger partial charge is 0.380 e. The molecule has 0 amide bonds. The van der Waals surface area contributed by atoms with E-state index in [1.165, 1.54) is 50.1 Å². The summed E-state index contributed by atoms with van der Waals surface area (Å²) in [4.78, 5) is 2.66. The molecular weight excluding hydrogens is 244 g/mol. The molecule has 20 heavy (non-hydrogen) atoms. The van der Waals surface area contributed by atoms with E-state index in [-0.39, 0.29) is 0 Å².